The maximum atomic E-state index is 13.1. The first kappa shape index (κ1) is 13.3. The highest BCUT2D eigenvalue weighted by Gasteiger charge is 2.09. The second-order valence-electron chi connectivity index (χ2n) is 4.77. The number of rotatable bonds is 3. The number of alkyl halides is 1. The van der Waals surface area contributed by atoms with Crippen molar-refractivity contribution in [3.8, 4) is 28.0 Å². The predicted octanol–water partition coefficient (Wildman–Crippen LogP) is 4.59. The van der Waals surface area contributed by atoms with Crippen molar-refractivity contribution in [1.82, 2.24) is 4.98 Å². The molecule has 0 saturated carbocycles. The van der Waals surface area contributed by atoms with E-state index in [0.29, 0.717) is 11.3 Å². The van der Waals surface area contributed by atoms with Gasteiger partial charge in [0.15, 0.2) is 0 Å². The molecule has 3 rings (SSSR count). The Morgan fingerprint density at radius 1 is 0.857 bits per heavy atom. The van der Waals surface area contributed by atoms with Crippen molar-refractivity contribution in [3.63, 3.8) is 0 Å². The fourth-order valence-electron chi connectivity index (χ4n) is 2.34. The highest BCUT2D eigenvalue weighted by atomic mass is 19.1. The first-order valence-corrected chi connectivity index (χ1v) is 6.67. The average molecular weight is 279 g/mol. The fraction of sp³-hybridized carbons (Fsp3) is 0.0556. The predicted molar refractivity (Wildman–Crippen MR) is 81.6 cm³/mol. The van der Waals surface area contributed by atoms with E-state index >= 15 is 0 Å². The fourth-order valence-corrected chi connectivity index (χ4v) is 2.34. The molecule has 3 aromatic rings. The third-order valence-electron chi connectivity index (χ3n) is 3.36. The van der Waals surface area contributed by atoms with Crippen molar-refractivity contribution in [2.24, 2.45) is 0 Å². The Morgan fingerprint density at radius 2 is 1.57 bits per heavy atom. The molecular formula is C18H14FNO. The number of aromatic nitrogens is 1. The van der Waals surface area contributed by atoms with Crippen LogP contribution in [0.5, 0.6) is 5.75 Å². The van der Waals surface area contributed by atoms with E-state index in [0.717, 1.165) is 16.7 Å². The van der Waals surface area contributed by atoms with Crippen LogP contribution < -0.4 is 0 Å². The van der Waals surface area contributed by atoms with Crippen LogP contribution in [0, 0.1) is 0 Å². The molecule has 104 valence electrons. The number of halogens is 1. The molecule has 21 heavy (non-hydrogen) atoms. The molecule has 2 aromatic carbocycles. The molecule has 0 bridgehead atoms. The lowest BCUT2D eigenvalue weighted by atomic mass is 9.98. The Hall–Kier alpha value is -2.68. The first-order chi connectivity index (χ1) is 10.3. The lowest BCUT2D eigenvalue weighted by Crippen LogP contribution is -1.91. The van der Waals surface area contributed by atoms with Gasteiger partial charge in [0.25, 0.3) is 0 Å². The monoisotopic (exact) mass is 279 g/mol. The zero-order valence-electron chi connectivity index (χ0n) is 11.3. The van der Waals surface area contributed by atoms with Gasteiger partial charge in [0.2, 0.25) is 0 Å². The summed E-state index contributed by atoms with van der Waals surface area (Å²) in [6.45, 7) is -0.662. The highest BCUT2D eigenvalue weighted by molar-refractivity contribution is 5.74. The van der Waals surface area contributed by atoms with Crippen LogP contribution in [0.2, 0.25) is 0 Å². The molecule has 0 aliphatic rings. The third kappa shape index (κ3) is 2.77. The van der Waals surface area contributed by atoms with E-state index in [1.54, 1.807) is 6.07 Å². The Morgan fingerprint density at radius 3 is 2.33 bits per heavy atom. The Bertz CT molecular complexity index is 756. The molecule has 1 heterocycles. The number of benzene rings is 2. The summed E-state index contributed by atoms with van der Waals surface area (Å²) in [4.78, 5) is 3.95. The first-order valence-electron chi connectivity index (χ1n) is 6.67. The smallest absolute Gasteiger partial charge is 0.134 e. The van der Waals surface area contributed by atoms with Crippen molar-refractivity contribution in [3.05, 3.63) is 72.6 Å². The van der Waals surface area contributed by atoms with E-state index in [-0.39, 0.29) is 5.75 Å². The minimum Gasteiger partial charge on any atom is -0.506 e. The van der Waals surface area contributed by atoms with Crippen LogP contribution in [0.25, 0.3) is 22.3 Å². The van der Waals surface area contributed by atoms with Gasteiger partial charge in [-0.25, -0.2) is 4.39 Å². The maximum Gasteiger partial charge on any atom is 0.134 e. The zero-order valence-corrected chi connectivity index (χ0v) is 11.3. The van der Waals surface area contributed by atoms with Crippen molar-refractivity contribution in [2.45, 2.75) is 6.67 Å². The molecule has 0 atom stereocenters. The van der Waals surface area contributed by atoms with E-state index in [2.05, 4.69) is 4.98 Å². The van der Waals surface area contributed by atoms with Gasteiger partial charge in [-0.15, -0.1) is 0 Å². The molecule has 0 radical (unpaired) electrons. The van der Waals surface area contributed by atoms with Gasteiger partial charge in [0, 0.05) is 5.56 Å². The Balaban J connectivity index is 2.10. The summed E-state index contributed by atoms with van der Waals surface area (Å²) in [7, 11) is 0. The van der Waals surface area contributed by atoms with Crippen LogP contribution in [-0.2, 0) is 6.67 Å². The van der Waals surface area contributed by atoms with Gasteiger partial charge in [-0.2, -0.15) is 0 Å². The SMILES string of the molecule is Oc1cnc(CF)c(-c2cccc(-c3ccccc3)c2)c1. The molecule has 2 nitrogen and oxygen atoms in total. The Kier molecular flexibility index (Phi) is 3.65. The van der Waals surface area contributed by atoms with Gasteiger partial charge in [0.05, 0.1) is 11.9 Å². The molecule has 0 spiro atoms. The molecule has 0 aliphatic carbocycles. The van der Waals surface area contributed by atoms with Gasteiger partial charge in [-0.3, -0.25) is 4.98 Å². The average Bonchev–Trinajstić information content (AvgIpc) is 2.56. The Labute approximate surface area is 122 Å². The summed E-state index contributed by atoms with van der Waals surface area (Å²) in [5.41, 5.74) is 3.93. The summed E-state index contributed by atoms with van der Waals surface area (Å²) in [5, 5.41) is 9.60. The summed E-state index contributed by atoms with van der Waals surface area (Å²) < 4.78 is 13.1. The van der Waals surface area contributed by atoms with Gasteiger partial charge in [0.1, 0.15) is 12.4 Å². The lowest BCUT2D eigenvalue weighted by molar-refractivity contribution is 0.462. The van der Waals surface area contributed by atoms with E-state index < -0.39 is 6.67 Å². The molecule has 1 N–H and O–H groups in total. The summed E-state index contributed by atoms with van der Waals surface area (Å²) in [6.07, 6.45) is 1.26. The second kappa shape index (κ2) is 5.75. The molecule has 0 fully saturated rings. The van der Waals surface area contributed by atoms with Crippen LogP contribution in [0.15, 0.2) is 66.9 Å². The summed E-state index contributed by atoms with van der Waals surface area (Å²) >= 11 is 0. The minimum absolute atomic E-state index is 0.0346. The quantitative estimate of drug-likeness (QED) is 0.760. The van der Waals surface area contributed by atoms with Crippen LogP contribution in [0.3, 0.4) is 0 Å². The van der Waals surface area contributed by atoms with Crippen molar-refractivity contribution in [2.75, 3.05) is 0 Å². The van der Waals surface area contributed by atoms with Crippen molar-refractivity contribution in [1.29, 1.82) is 0 Å². The zero-order chi connectivity index (χ0) is 14.7. The molecular weight excluding hydrogens is 265 g/mol. The van der Waals surface area contributed by atoms with Gasteiger partial charge >= 0.3 is 0 Å². The number of nitrogens with zero attached hydrogens (tertiary/aromatic N) is 1. The molecule has 3 heteroatoms. The lowest BCUT2D eigenvalue weighted by Gasteiger charge is -2.09. The van der Waals surface area contributed by atoms with Crippen LogP contribution in [-0.4, -0.2) is 10.1 Å². The second-order valence-corrected chi connectivity index (χ2v) is 4.77. The number of hydrogen-bond acceptors (Lipinski definition) is 2. The number of aromatic hydroxyl groups is 1. The molecule has 0 unspecified atom stereocenters. The normalized spacial score (nSPS) is 10.5. The van der Waals surface area contributed by atoms with Crippen LogP contribution >= 0.6 is 0 Å². The van der Waals surface area contributed by atoms with E-state index in [9.17, 15) is 9.50 Å². The van der Waals surface area contributed by atoms with Crippen molar-refractivity contribution < 1.29 is 9.50 Å². The van der Waals surface area contributed by atoms with Crippen LogP contribution in [0.1, 0.15) is 5.69 Å². The number of hydrogen-bond donors (Lipinski definition) is 1. The van der Waals surface area contributed by atoms with Crippen molar-refractivity contribution >= 4 is 0 Å². The van der Waals surface area contributed by atoms with Gasteiger partial charge < -0.3 is 5.11 Å². The van der Waals surface area contributed by atoms with E-state index in [1.165, 1.54) is 6.20 Å². The molecule has 0 amide bonds. The van der Waals surface area contributed by atoms with Gasteiger partial charge in [-0.05, 0) is 28.8 Å². The van der Waals surface area contributed by atoms with Gasteiger partial charge in [-0.1, -0.05) is 48.5 Å². The van der Waals surface area contributed by atoms with E-state index in [1.807, 2.05) is 54.6 Å². The highest BCUT2D eigenvalue weighted by Crippen LogP contribution is 2.30. The topological polar surface area (TPSA) is 33.1 Å². The third-order valence-corrected chi connectivity index (χ3v) is 3.36. The maximum absolute atomic E-state index is 13.1. The summed E-state index contributed by atoms with van der Waals surface area (Å²) in [6, 6.07) is 19.3. The molecule has 0 aliphatic heterocycles. The van der Waals surface area contributed by atoms with E-state index in [4.69, 9.17) is 0 Å². The number of pyridine rings is 1. The summed E-state index contributed by atoms with van der Waals surface area (Å²) in [5.74, 6) is 0.0346. The largest absolute Gasteiger partial charge is 0.506 e. The standard InChI is InChI=1S/C18H14FNO/c19-11-18-17(10-16(21)12-20-18)15-8-4-7-14(9-15)13-5-2-1-3-6-13/h1-10,12,21H,11H2. The minimum atomic E-state index is -0.662. The van der Waals surface area contributed by atoms with Crippen LogP contribution in [0.4, 0.5) is 4.39 Å². The molecule has 0 saturated heterocycles. The molecule has 1 aromatic heterocycles.